The number of aromatic nitrogens is 2. The Morgan fingerprint density at radius 2 is 2.28 bits per heavy atom. The van der Waals surface area contributed by atoms with Crippen LogP contribution in [0.25, 0.3) is 0 Å². The first-order chi connectivity index (χ1) is 14.1. The van der Waals surface area contributed by atoms with E-state index in [0.717, 1.165) is 41.2 Å². The maximum absolute atomic E-state index is 13.0. The summed E-state index contributed by atoms with van der Waals surface area (Å²) in [6.45, 7) is 3.44. The van der Waals surface area contributed by atoms with E-state index in [1.165, 1.54) is 23.1 Å². The zero-order valence-electron chi connectivity index (χ0n) is 16.1. The van der Waals surface area contributed by atoms with Crippen molar-refractivity contribution in [3.05, 3.63) is 24.3 Å². The lowest BCUT2D eigenvalue weighted by Crippen LogP contribution is -2.40. The molecule has 1 aromatic heterocycles. The van der Waals surface area contributed by atoms with Gasteiger partial charge in [0.2, 0.25) is 16.9 Å². The summed E-state index contributed by atoms with van der Waals surface area (Å²) in [5.41, 5.74) is 1.39. The molecule has 2 aromatic rings. The number of carbonyl (C=O) groups excluding carboxylic acids is 2. The number of ether oxygens (including phenoxy) is 1. The van der Waals surface area contributed by atoms with Crippen LogP contribution >= 0.6 is 23.1 Å². The fourth-order valence-corrected chi connectivity index (χ4v) is 5.12. The van der Waals surface area contributed by atoms with Gasteiger partial charge in [-0.3, -0.25) is 9.59 Å². The molecule has 0 spiro atoms. The topological polar surface area (TPSA) is 96.5 Å². The molecule has 154 valence electrons. The third-order valence-electron chi connectivity index (χ3n) is 4.86. The van der Waals surface area contributed by atoms with Crippen molar-refractivity contribution in [2.24, 2.45) is 0 Å². The average Bonchev–Trinajstić information content (AvgIpc) is 3.35. The highest BCUT2D eigenvalue weighted by molar-refractivity contribution is 8.01. The Morgan fingerprint density at radius 1 is 1.41 bits per heavy atom. The van der Waals surface area contributed by atoms with Crippen molar-refractivity contribution in [3.8, 4) is 0 Å². The average molecular weight is 434 g/mol. The van der Waals surface area contributed by atoms with Crippen LogP contribution in [0.15, 0.2) is 28.6 Å². The molecule has 0 radical (unpaired) electrons. The zero-order chi connectivity index (χ0) is 20.2. The summed E-state index contributed by atoms with van der Waals surface area (Å²) in [5, 5.41) is 15.2. The van der Waals surface area contributed by atoms with Gasteiger partial charge in [-0.1, -0.05) is 35.2 Å². The Kier molecular flexibility index (Phi) is 6.31. The molecule has 0 saturated carbocycles. The predicted octanol–water partition coefficient (Wildman–Crippen LogP) is 2.99. The minimum Gasteiger partial charge on any atom is -0.376 e. The number of anilines is 3. The Hall–Kier alpha value is -2.17. The van der Waals surface area contributed by atoms with Crippen molar-refractivity contribution in [3.63, 3.8) is 0 Å². The van der Waals surface area contributed by atoms with E-state index in [2.05, 4.69) is 20.8 Å². The summed E-state index contributed by atoms with van der Waals surface area (Å²) in [5.74, 6) is 0.0854. The van der Waals surface area contributed by atoms with Gasteiger partial charge in [-0.25, -0.2) is 0 Å². The van der Waals surface area contributed by atoms with Crippen LogP contribution in [0, 0.1) is 0 Å². The second-order valence-electron chi connectivity index (χ2n) is 7.06. The highest BCUT2D eigenvalue weighted by atomic mass is 32.2. The molecular weight excluding hydrogens is 410 g/mol. The molecular formula is C19H23N5O3S2. The first-order valence-corrected chi connectivity index (χ1v) is 11.4. The van der Waals surface area contributed by atoms with E-state index in [0.29, 0.717) is 5.69 Å². The van der Waals surface area contributed by atoms with Crippen molar-refractivity contribution in [2.45, 2.75) is 42.7 Å². The van der Waals surface area contributed by atoms with Gasteiger partial charge in [-0.05, 0) is 31.9 Å². The molecule has 1 saturated heterocycles. The molecule has 0 unspecified atom stereocenters. The van der Waals surface area contributed by atoms with Crippen LogP contribution in [-0.4, -0.2) is 53.1 Å². The largest absolute Gasteiger partial charge is 0.376 e. The fourth-order valence-electron chi connectivity index (χ4n) is 3.51. The SMILES string of the molecule is C[C@H]1CC(=O)Nc2ccccc2N1C(=O)CSc1nnc(NC[C@@H]2CCCO2)s1. The second kappa shape index (κ2) is 9.10. The maximum atomic E-state index is 13.0. The van der Waals surface area contributed by atoms with Crippen LogP contribution in [0.5, 0.6) is 0 Å². The van der Waals surface area contributed by atoms with E-state index < -0.39 is 0 Å². The van der Waals surface area contributed by atoms with Gasteiger partial charge in [0, 0.05) is 25.6 Å². The van der Waals surface area contributed by atoms with E-state index in [4.69, 9.17) is 4.74 Å². The molecule has 2 N–H and O–H groups in total. The number of fused-ring (bicyclic) bond motifs is 1. The van der Waals surface area contributed by atoms with Crippen LogP contribution in [-0.2, 0) is 14.3 Å². The number of hydrogen-bond acceptors (Lipinski definition) is 8. The predicted molar refractivity (Wildman–Crippen MR) is 115 cm³/mol. The summed E-state index contributed by atoms with van der Waals surface area (Å²) < 4.78 is 6.33. The first kappa shape index (κ1) is 20.1. The maximum Gasteiger partial charge on any atom is 0.237 e. The monoisotopic (exact) mass is 433 g/mol. The third kappa shape index (κ3) is 4.88. The second-order valence-corrected chi connectivity index (χ2v) is 9.26. The lowest BCUT2D eigenvalue weighted by Gasteiger charge is -2.27. The molecule has 0 aliphatic carbocycles. The summed E-state index contributed by atoms with van der Waals surface area (Å²) in [6, 6.07) is 7.17. The number of rotatable bonds is 6. The van der Waals surface area contributed by atoms with Crippen LogP contribution in [0.1, 0.15) is 26.2 Å². The molecule has 10 heteroatoms. The number of benzene rings is 1. The molecule has 0 bridgehead atoms. The highest BCUT2D eigenvalue weighted by Crippen LogP contribution is 2.33. The molecule has 1 aromatic carbocycles. The van der Waals surface area contributed by atoms with Gasteiger partial charge in [-0.2, -0.15) is 0 Å². The first-order valence-electron chi connectivity index (χ1n) is 9.63. The number of thioether (sulfide) groups is 1. The van der Waals surface area contributed by atoms with Crippen LogP contribution in [0.4, 0.5) is 16.5 Å². The van der Waals surface area contributed by atoms with Crippen molar-refractivity contribution < 1.29 is 14.3 Å². The Morgan fingerprint density at radius 3 is 3.10 bits per heavy atom. The van der Waals surface area contributed by atoms with Gasteiger partial charge >= 0.3 is 0 Å². The minimum atomic E-state index is -0.218. The van der Waals surface area contributed by atoms with E-state index in [-0.39, 0.29) is 36.1 Å². The Labute approximate surface area is 177 Å². The van der Waals surface area contributed by atoms with Crippen molar-refractivity contribution in [1.29, 1.82) is 0 Å². The quantitative estimate of drug-likeness (QED) is 0.676. The van der Waals surface area contributed by atoms with Crippen molar-refractivity contribution >= 4 is 51.4 Å². The zero-order valence-corrected chi connectivity index (χ0v) is 17.7. The van der Waals surface area contributed by atoms with Crippen LogP contribution < -0.4 is 15.5 Å². The van der Waals surface area contributed by atoms with Gasteiger partial charge < -0.3 is 20.3 Å². The van der Waals surface area contributed by atoms with E-state index >= 15 is 0 Å². The molecule has 8 nitrogen and oxygen atoms in total. The summed E-state index contributed by atoms with van der Waals surface area (Å²) >= 11 is 2.80. The molecule has 2 aliphatic heterocycles. The van der Waals surface area contributed by atoms with Gasteiger partial charge in [0.05, 0.1) is 23.2 Å². The summed E-state index contributed by atoms with van der Waals surface area (Å²) in [4.78, 5) is 26.8. The number of carbonyl (C=O) groups is 2. The van der Waals surface area contributed by atoms with Gasteiger partial charge in [-0.15, -0.1) is 10.2 Å². The molecule has 4 rings (SSSR count). The lowest BCUT2D eigenvalue weighted by atomic mass is 10.2. The molecule has 2 aliphatic rings. The standard InChI is InChI=1S/C19H23N5O3S2/c1-12-9-16(25)21-14-6-2-3-7-15(14)24(12)17(26)11-28-19-23-22-18(29-19)20-10-13-5-4-8-27-13/h2-3,6-7,12-13H,4-5,8-11H2,1H3,(H,20,22)(H,21,25)/t12-,13-/m0/s1. The summed E-state index contributed by atoms with van der Waals surface area (Å²) in [7, 11) is 0. The number of amides is 2. The minimum absolute atomic E-state index is 0.0597. The fraction of sp³-hybridized carbons (Fsp3) is 0.474. The number of nitrogens with one attached hydrogen (secondary N) is 2. The smallest absolute Gasteiger partial charge is 0.237 e. The Balaban J connectivity index is 1.37. The van der Waals surface area contributed by atoms with E-state index in [9.17, 15) is 9.59 Å². The number of hydrogen-bond donors (Lipinski definition) is 2. The Bertz CT molecular complexity index is 884. The van der Waals surface area contributed by atoms with Crippen LogP contribution in [0.2, 0.25) is 0 Å². The highest BCUT2D eigenvalue weighted by Gasteiger charge is 2.29. The normalized spacial score (nSPS) is 21.4. The molecule has 2 amide bonds. The van der Waals surface area contributed by atoms with Gasteiger partial charge in [0.15, 0.2) is 4.34 Å². The molecule has 2 atom stereocenters. The van der Waals surface area contributed by atoms with Gasteiger partial charge in [0.1, 0.15) is 0 Å². The van der Waals surface area contributed by atoms with Crippen molar-refractivity contribution in [1.82, 2.24) is 10.2 Å². The number of nitrogens with zero attached hydrogens (tertiary/aromatic N) is 3. The van der Waals surface area contributed by atoms with E-state index in [1.807, 2.05) is 31.2 Å². The molecule has 3 heterocycles. The molecule has 1 fully saturated rings. The van der Waals surface area contributed by atoms with Crippen molar-refractivity contribution in [2.75, 3.05) is 34.4 Å². The van der Waals surface area contributed by atoms with Gasteiger partial charge in [0.25, 0.3) is 0 Å². The summed E-state index contributed by atoms with van der Waals surface area (Å²) in [6.07, 6.45) is 2.67. The lowest BCUT2D eigenvalue weighted by molar-refractivity contribution is -0.117. The van der Waals surface area contributed by atoms with Crippen LogP contribution in [0.3, 0.4) is 0 Å². The van der Waals surface area contributed by atoms with E-state index in [1.54, 1.807) is 4.90 Å². The number of para-hydroxylation sites is 2. The third-order valence-corrected chi connectivity index (χ3v) is 6.86. The molecule has 29 heavy (non-hydrogen) atoms.